The lowest BCUT2D eigenvalue weighted by atomic mass is 10.1. The summed E-state index contributed by atoms with van der Waals surface area (Å²) in [5.74, 6) is 4.46. The van der Waals surface area contributed by atoms with Gasteiger partial charge in [0, 0.05) is 19.3 Å². The van der Waals surface area contributed by atoms with E-state index in [-0.39, 0.29) is 18.7 Å². The summed E-state index contributed by atoms with van der Waals surface area (Å²) in [4.78, 5) is 28.6. The van der Waals surface area contributed by atoms with Crippen LogP contribution in [-0.2, 0) is 25.8 Å². The predicted molar refractivity (Wildman–Crippen MR) is 83.0 cm³/mol. The molecule has 0 saturated carbocycles. The summed E-state index contributed by atoms with van der Waals surface area (Å²) in [6.45, 7) is 2.10. The van der Waals surface area contributed by atoms with E-state index in [2.05, 4.69) is 21.7 Å². The van der Waals surface area contributed by atoms with Crippen LogP contribution in [0.25, 0.3) is 0 Å². The molecule has 0 aliphatic rings. The maximum Gasteiger partial charge on any atom is 0.363 e. The predicted octanol–water partition coefficient (Wildman–Crippen LogP) is 2.49. The van der Waals surface area contributed by atoms with Crippen molar-refractivity contribution >= 4 is 17.5 Å². The van der Waals surface area contributed by atoms with Crippen LogP contribution in [0.1, 0.15) is 31.7 Å². The molecule has 0 aliphatic carbocycles. The van der Waals surface area contributed by atoms with Gasteiger partial charge in [-0.2, -0.15) is 0 Å². The van der Waals surface area contributed by atoms with Gasteiger partial charge in [0.05, 0.1) is 7.11 Å². The highest BCUT2D eigenvalue weighted by molar-refractivity contribution is 6.64. The van der Waals surface area contributed by atoms with Crippen molar-refractivity contribution < 1.29 is 19.2 Å². The van der Waals surface area contributed by atoms with Gasteiger partial charge < -0.3 is 9.57 Å². The fraction of sp³-hybridized carbons (Fsp3) is 0.353. The van der Waals surface area contributed by atoms with Crippen LogP contribution >= 0.6 is 0 Å². The van der Waals surface area contributed by atoms with Crippen molar-refractivity contribution in [3.8, 4) is 11.8 Å². The van der Waals surface area contributed by atoms with Crippen LogP contribution in [0.4, 0.5) is 0 Å². The van der Waals surface area contributed by atoms with Crippen molar-refractivity contribution in [1.29, 1.82) is 0 Å². The van der Waals surface area contributed by atoms with E-state index in [4.69, 9.17) is 4.84 Å². The van der Waals surface area contributed by atoms with Crippen LogP contribution in [0, 0.1) is 11.8 Å². The fourth-order valence-corrected chi connectivity index (χ4v) is 1.55. The van der Waals surface area contributed by atoms with Gasteiger partial charge in [-0.3, -0.25) is 4.79 Å². The van der Waals surface area contributed by atoms with Crippen molar-refractivity contribution in [2.24, 2.45) is 5.16 Å². The van der Waals surface area contributed by atoms with Gasteiger partial charge in [0.15, 0.2) is 5.78 Å². The van der Waals surface area contributed by atoms with Gasteiger partial charge in [0.2, 0.25) is 5.71 Å². The molecule has 116 valence electrons. The van der Waals surface area contributed by atoms with Crippen molar-refractivity contribution in [2.45, 2.75) is 32.8 Å². The zero-order valence-corrected chi connectivity index (χ0v) is 12.8. The molecule has 0 radical (unpaired) electrons. The summed E-state index contributed by atoms with van der Waals surface area (Å²) in [5, 5.41) is 3.63. The van der Waals surface area contributed by atoms with E-state index in [1.165, 1.54) is 7.11 Å². The molecule has 5 nitrogen and oxygen atoms in total. The number of ketones is 1. The molecule has 0 unspecified atom stereocenters. The van der Waals surface area contributed by atoms with Crippen molar-refractivity contribution in [3.05, 3.63) is 35.9 Å². The van der Waals surface area contributed by atoms with Crippen LogP contribution in [0.15, 0.2) is 35.5 Å². The molecule has 0 N–H and O–H groups in total. The number of rotatable bonds is 7. The second-order valence-electron chi connectivity index (χ2n) is 4.32. The standard InChI is InChI=1S/C17H19NO4/c1-3-4-5-9-12-15(19)16(17(20)21-2)18-22-13-14-10-7-6-8-11-14/h6-8,10-11H,3,9,12-13H2,1-2H3/b18-16+. The van der Waals surface area contributed by atoms with Gasteiger partial charge in [-0.1, -0.05) is 42.4 Å². The van der Waals surface area contributed by atoms with Crippen molar-refractivity contribution in [2.75, 3.05) is 7.11 Å². The van der Waals surface area contributed by atoms with Crippen LogP contribution in [-0.4, -0.2) is 24.6 Å². The van der Waals surface area contributed by atoms with Gasteiger partial charge >= 0.3 is 5.97 Å². The quantitative estimate of drug-likeness (QED) is 0.255. The third-order valence-corrected chi connectivity index (χ3v) is 2.65. The number of esters is 1. The van der Waals surface area contributed by atoms with E-state index >= 15 is 0 Å². The Labute approximate surface area is 130 Å². The summed E-state index contributed by atoms with van der Waals surface area (Å²) in [5.41, 5.74) is 0.549. The number of Topliss-reactive ketones (excluding diaryl/α,β-unsaturated/α-hetero) is 1. The number of benzene rings is 1. The normalized spacial score (nSPS) is 10.4. The molecule has 22 heavy (non-hydrogen) atoms. The Morgan fingerprint density at radius 1 is 1.18 bits per heavy atom. The van der Waals surface area contributed by atoms with Gasteiger partial charge in [0.1, 0.15) is 6.61 Å². The zero-order valence-electron chi connectivity index (χ0n) is 12.8. The summed E-state index contributed by atoms with van der Waals surface area (Å²) < 4.78 is 4.56. The largest absolute Gasteiger partial charge is 0.464 e. The Bertz CT molecular complexity index is 582. The SMILES string of the molecule is CCC#CCCC(=O)/C(=N\OCc1ccccc1)C(=O)OC. The van der Waals surface area contributed by atoms with E-state index in [0.29, 0.717) is 6.42 Å². The molecule has 1 aromatic carbocycles. The van der Waals surface area contributed by atoms with Crippen LogP contribution in [0.3, 0.4) is 0 Å². The van der Waals surface area contributed by atoms with Crippen LogP contribution in [0.2, 0.25) is 0 Å². The van der Waals surface area contributed by atoms with E-state index < -0.39 is 11.8 Å². The van der Waals surface area contributed by atoms with Gasteiger partial charge in [-0.15, -0.1) is 11.8 Å². The molecule has 0 saturated heterocycles. The first-order valence-electron chi connectivity index (χ1n) is 7.00. The van der Waals surface area contributed by atoms with E-state index in [0.717, 1.165) is 12.0 Å². The fourth-order valence-electron chi connectivity index (χ4n) is 1.55. The molecule has 0 atom stereocenters. The molecule has 1 aromatic rings. The number of ether oxygens (including phenoxy) is 1. The van der Waals surface area contributed by atoms with E-state index in [9.17, 15) is 9.59 Å². The number of carbonyl (C=O) groups is 2. The van der Waals surface area contributed by atoms with E-state index in [1.807, 2.05) is 37.3 Å². The molecule has 0 fully saturated rings. The molecule has 0 heterocycles. The summed E-state index contributed by atoms with van der Waals surface area (Å²) in [6.07, 6.45) is 1.21. The first kappa shape index (κ1) is 17.4. The minimum Gasteiger partial charge on any atom is -0.464 e. The summed E-state index contributed by atoms with van der Waals surface area (Å²) >= 11 is 0. The number of hydrogen-bond acceptors (Lipinski definition) is 5. The average Bonchev–Trinajstić information content (AvgIpc) is 2.55. The second-order valence-corrected chi connectivity index (χ2v) is 4.32. The second kappa shape index (κ2) is 10.2. The Morgan fingerprint density at radius 3 is 2.55 bits per heavy atom. The smallest absolute Gasteiger partial charge is 0.363 e. The highest BCUT2D eigenvalue weighted by Crippen LogP contribution is 2.02. The van der Waals surface area contributed by atoms with Crippen LogP contribution in [0.5, 0.6) is 0 Å². The molecular formula is C17H19NO4. The van der Waals surface area contributed by atoms with Gasteiger partial charge in [0.25, 0.3) is 0 Å². The monoisotopic (exact) mass is 301 g/mol. The average molecular weight is 301 g/mol. The van der Waals surface area contributed by atoms with Crippen molar-refractivity contribution in [3.63, 3.8) is 0 Å². The maximum absolute atomic E-state index is 12.0. The van der Waals surface area contributed by atoms with Gasteiger partial charge in [-0.05, 0) is 5.56 Å². The molecule has 0 aromatic heterocycles. The molecule has 0 spiro atoms. The lowest BCUT2D eigenvalue weighted by Crippen LogP contribution is -2.25. The first-order chi connectivity index (χ1) is 10.7. The van der Waals surface area contributed by atoms with E-state index in [1.54, 1.807) is 0 Å². The Morgan fingerprint density at radius 2 is 1.91 bits per heavy atom. The Balaban J connectivity index is 2.64. The maximum atomic E-state index is 12.0. The molecule has 0 aliphatic heterocycles. The Kier molecular flexibility index (Phi) is 8.06. The number of nitrogens with zero attached hydrogens (tertiary/aromatic N) is 1. The molecular weight excluding hydrogens is 282 g/mol. The molecule has 0 bridgehead atoms. The lowest BCUT2D eigenvalue weighted by Gasteiger charge is -2.04. The third kappa shape index (κ3) is 6.23. The van der Waals surface area contributed by atoms with Crippen LogP contribution < -0.4 is 0 Å². The number of oxime groups is 1. The number of methoxy groups -OCH3 is 1. The topological polar surface area (TPSA) is 65.0 Å². The summed E-state index contributed by atoms with van der Waals surface area (Å²) in [6, 6.07) is 9.32. The molecule has 0 amide bonds. The zero-order chi connectivity index (χ0) is 16.2. The molecule has 1 rings (SSSR count). The highest BCUT2D eigenvalue weighted by atomic mass is 16.6. The first-order valence-corrected chi connectivity index (χ1v) is 7.00. The summed E-state index contributed by atoms with van der Waals surface area (Å²) in [7, 11) is 1.19. The third-order valence-electron chi connectivity index (χ3n) is 2.65. The Hall–Kier alpha value is -2.61. The molecule has 5 heteroatoms. The minimum absolute atomic E-state index is 0.107. The van der Waals surface area contributed by atoms with Gasteiger partial charge in [-0.25, -0.2) is 4.79 Å². The highest BCUT2D eigenvalue weighted by Gasteiger charge is 2.21. The van der Waals surface area contributed by atoms with Crippen molar-refractivity contribution in [1.82, 2.24) is 0 Å². The minimum atomic E-state index is -0.804. The number of hydrogen-bond donors (Lipinski definition) is 0. The lowest BCUT2D eigenvalue weighted by molar-refractivity contribution is -0.133. The number of carbonyl (C=O) groups excluding carboxylic acids is 2.